The van der Waals surface area contributed by atoms with Gasteiger partial charge in [-0.15, -0.1) is 0 Å². The van der Waals surface area contributed by atoms with E-state index in [9.17, 15) is 4.79 Å². The maximum atomic E-state index is 13.4. The average Bonchev–Trinajstić information content (AvgIpc) is 3.19. The number of rotatable bonds is 14. The second-order valence-corrected chi connectivity index (χ2v) is 11.0. The van der Waals surface area contributed by atoms with Crippen LogP contribution in [0.25, 0.3) is 5.69 Å². The van der Waals surface area contributed by atoms with E-state index in [0.717, 1.165) is 62.8 Å². The van der Waals surface area contributed by atoms with Crippen LogP contribution in [0.3, 0.4) is 0 Å². The van der Waals surface area contributed by atoms with Gasteiger partial charge in [-0.2, -0.15) is 5.10 Å². The standard InChI is InChI=1S/C30H49N5O/c1-6-7-8-9-10-11-15-18-29(36)34(23-25(2)3)24-28-26(4)31-35(27-16-13-12-14-17-27)30(28)33-21-19-32(5)20-22-33/h12-14,16-17,25H,6-11,15,18-24H2,1-5H3. The molecule has 1 fully saturated rings. The molecule has 0 spiro atoms. The molecule has 6 heteroatoms. The highest BCUT2D eigenvalue weighted by Crippen LogP contribution is 2.30. The largest absolute Gasteiger partial charge is 0.354 e. The molecule has 2 heterocycles. The molecule has 3 rings (SSSR count). The monoisotopic (exact) mass is 495 g/mol. The summed E-state index contributed by atoms with van der Waals surface area (Å²) in [6, 6.07) is 10.4. The van der Waals surface area contributed by atoms with Crippen LogP contribution in [0.2, 0.25) is 0 Å². The Hall–Kier alpha value is -2.34. The number of aryl methyl sites for hydroxylation is 1. The van der Waals surface area contributed by atoms with E-state index in [1.807, 2.05) is 6.07 Å². The number of nitrogens with zero attached hydrogens (tertiary/aromatic N) is 5. The Morgan fingerprint density at radius 3 is 2.25 bits per heavy atom. The number of piperazine rings is 1. The molecule has 0 N–H and O–H groups in total. The minimum atomic E-state index is 0.286. The zero-order chi connectivity index (χ0) is 25.9. The quantitative estimate of drug-likeness (QED) is 0.299. The average molecular weight is 496 g/mol. The molecule has 0 atom stereocenters. The van der Waals surface area contributed by atoms with Crippen LogP contribution in [0.4, 0.5) is 5.82 Å². The zero-order valence-electron chi connectivity index (χ0n) is 23.5. The number of anilines is 1. The lowest BCUT2D eigenvalue weighted by Gasteiger charge is -2.35. The molecule has 1 amide bonds. The van der Waals surface area contributed by atoms with Gasteiger partial charge in [-0.3, -0.25) is 4.79 Å². The van der Waals surface area contributed by atoms with E-state index in [1.54, 1.807) is 0 Å². The van der Waals surface area contributed by atoms with Crippen molar-refractivity contribution in [2.45, 2.75) is 85.6 Å². The van der Waals surface area contributed by atoms with Crippen LogP contribution < -0.4 is 4.90 Å². The predicted molar refractivity (Wildman–Crippen MR) is 151 cm³/mol. The van der Waals surface area contributed by atoms with E-state index in [-0.39, 0.29) is 5.91 Å². The van der Waals surface area contributed by atoms with Crippen molar-refractivity contribution >= 4 is 11.7 Å². The Bertz CT molecular complexity index is 915. The normalized spacial score (nSPS) is 14.6. The lowest BCUT2D eigenvalue weighted by atomic mass is 10.1. The van der Waals surface area contributed by atoms with E-state index in [0.29, 0.717) is 18.9 Å². The number of unbranched alkanes of at least 4 members (excludes halogenated alkanes) is 6. The fraction of sp³-hybridized carbons (Fsp3) is 0.667. The highest BCUT2D eigenvalue weighted by Gasteiger charge is 2.27. The van der Waals surface area contributed by atoms with E-state index in [1.165, 1.54) is 37.7 Å². The molecule has 0 saturated carbocycles. The maximum Gasteiger partial charge on any atom is 0.222 e. The third kappa shape index (κ3) is 8.09. The SMILES string of the molecule is CCCCCCCCCC(=O)N(Cc1c(C)nn(-c2ccccc2)c1N1CCN(C)CC1)CC(C)C. The molecule has 0 radical (unpaired) electrons. The first kappa shape index (κ1) is 28.2. The zero-order valence-corrected chi connectivity index (χ0v) is 23.5. The van der Waals surface area contributed by atoms with Crippen LogP contribution in [-0.2, 0) is 11.3 Å². The molecule has 2 aromatic rings. The molecule has 0 unspecified atom stereocenters. The molecule has 6 nitrogen and oxygen atoms in total. The van der Waals surface area contributed by atoms with E-state index < -0.39 is 0 Å². The Balaban J connectivity index is 1.79. The Morgan fingerprint density at radius 1 is 0.972 bits per heavy atom. The van der Waals surface area contributed by atoms with Crippen molar-refractivity contribution in [3.05, 3.63) is 41.6 Å². The van der Waals surface area contributed by atoms with Gasteiger partial charge in [0.05, 0.1) is 17.9 Å². The summed E-state index contributed by atoms with van der Waals surface area (Å²) < 4.78 is 2.10. The van der Waals surface area contributed by atoms with E-state index >= 15 is 0 Å². The number of carbonyl (C=O) groups excluding carboxylic acids is 1. The van der Waals surface area contributed by atoms with Crippen molar-refractivity contribution in [3.8, 4) is 5.69 Å². The van der Waals surface area contributed by atoms with Gasteiger partial charge in [0.25, 0.3) is 0 Å². The molecular formula is C30H49N5O. The predicted octanol–water partition coefficient (Wildman–Crippen LogP) is 6.06. The lowest BCUT2D eigenvalue weighted by Crippen LogP contribution is -2.45. The molecule has 0 bridgehead atoms. The third-order valence-corrected chi connectivity index (χ3v) is 7.24. The van der Waals surface area contributed by atoms with Gasteiger partial charge < -0.3 is 14.7 Å². The third-order valence-electron chi connectivity index (χ3n) is 7.24. The van der Waals surface area contributed by atoms with Crippen LogP contribution in [-0.4, -0.2) is 65.3 Å². The maximum absolute atomic E-state index is 13.4. The van der Waals surface area contributed by atoms with Crippen molar-refractivity contribution in [2.75, 3.05) is 44.7 Å². The number of aromatic nitrogens is 2. The van der Waals surface area contributed by atoms with Gasteiger partial charge in [-0.1, -0.05) is 77.5 Å². The van der Waals surface area contributed by atoms with Crippen molar-refractivity contribution < 1.29 is 4.79 Å². The van der Waals surface area contributed by atoms with Crippen molar-refractivity contribution in [1.82, 2.24) is 19.6 Å². The van der Waals surface area contributed by atoms with Crippen LogP contribution in [0.15, 0.2) is 30.3 Å². The molecule has 1 aromatic heterocycles. The first-order valence-corrected chi connectivity index (χ1v) is 14.3. The van der Waals surface area contributed by atoms with Gasteiger partial charge in [0.2, 0.25) is 5.91 Å². The van der Waals surface area contributed by atoms with Crippen LogP contribution in [0.1, 0.15) is 83.4 Å². The summed E-state index contributed by atoms with van der Waals surface area (Å²) in [6.07, 6.45) is 9.26. The van der Waals surface area contributed by atoms with Gasteiger partial charge in [0.15, 0.2) is 0 Å². The van der Waals surface area contributed by atoms with Crippen molar-refractivity contribution in [2.24, 2.45) is 5.92 Å². The summed E-state index contributed by atoms with van der Waals surface area (Å²) in [7, 11) is 2.19. The number of amides is 1. The summed E-state index contributed by atoms with van der Waals surface area (Å²) in [5.74, 6) is 1.87. The van der Waals surface area contributed by atoms with Gasteiger partial charge in [0, 0.05) is 44.7 Å². The number of hydrogen-bond acceptors (Lipinski definition) is 4. The number of benzene rings is 1. The fourth-order valence-corrected chi connectivity index (χ4v) is 5.10. The fourth-order valence-electron chi connectivity index (χ4n) is 5.10. The second kappa shape index (κ2) is 14.4. The van der Waals surface area contributed by atoms with Gasteiger partial charge in [0.1, 0.15) is 5.82 Å². The number of hydrogen-bond donors (Lipinski definition) is 0. The molecule has 1 saturated heterocycles. The summed E-state index contributed by atoms with van der Waals surface area (Å²) in [4.78, 5) is 20.4. The highest BCUT2D eigenvalue weighted by molar-refractivity contribution is 5.76. The van der Waals surface area contributed by atoms with Gasteiger partial charge in [-0.25, -0.2) is 4.68 Å². The van der Waals surface area contributed by atoms with Crippen LogP contribution >= 0.6 is 0 Å². The minimum absolute atomic E-state index is 0.286. The summed E-state index contributed by atoms with van der Waals surface area (Å²) in [6.45, 7) is 14.2. The second-order valence-electron chi connectivity index (χ2n) is 11.0. The number of carbonyl (C=O) groups is 1. The molecule has 0 aliphatic carbocycles. The molecule has 1 aromatic carbocycles. The Morgan fingerprint density at radius 2 is 1.61 bits per heavy atom. The molecular weight excluding hydrogens is 446 g/mol. The summed E-state index contributed by atoms with van der Waals surface area (Å²) in [5, 5.41) is 5.00. The van der Waals surface area contributed by atoms with Gasteiger partial charge >= 0.3 is 0 Å². The smallest absolute Gasteiger partial charge is 0.222 e. The van der Waals surface area contributed by atoms with E-state index in [2.05, 4.69) is 78.4 Å². The Labute approximate surface area is 219 Å². The lowest BCUT2D eigenvalue weighted by molar-refractivity contribution is -0.132. The van der Waals surface area contributed by atoms with Gasteiger partial charge in [-0.05, 0) is 38.4 Å². The molecule has 36 heavy (non-hydrogen) atoms. The van der Waals surface area contributed by atoms with Crippen LogP contribution in [0, 0.1) is 12.8 Å². The summed E-state index contributed by atoms with van der Waals surface area (Å²) in [5.41, 5.74) is 3.29. The minimum Gasteiger partial charge on any atom is -0.354 e. The first-order chi connectivity index (χ1) is 17.4. The Kier molecular flexibility index (Phi) is 11.3. The summed E-state index contributed by atoms with van der Waals surface area (Å²) >= 11 is 0. The molecule has 1 aliphatic heterocycles. The topological polar surface area (TPSA) is 44.6 Å². The van der Waals surface area contributed by atoms with Crippen molar-refractivity contribution in [1.29, 1.82) is 0 Å². The molecule has 200 valence electrons. The van der Waals surface area contributed by atoms with Crippen LogP contribution in [0.5, 0.6) is 0 Å². The molecule has 1 aliphatic rings. The number of likely N-dealkylation sites (N-methyl/N-ethyl adjacent to an activating group) is 1. The van der Waals surface area contributed by atoms with Crippen molar-refractivity contribution in [3.63, 3.8) is 0 Å². The van der Waals surface area contributed by atoms with E-state index in [4.69, 9.17) is 5.10 Å². The first-order valence-electron chi connectivity index (χ1n) is 14.3. The number of para-hydroxylation sites is 1. The highest BCUT2D eigenvalue weighted by atomic mass is 16.2.